The van der Waals surface area contributed by atoms with E-state index < -0.39 is 6.04 Å². The minimum atomic E-state index is -0.394. The van der Waals surface area contributed by atoms with Crippen LogP contribution in [0.2, 0.25) is 0 Å². The number of amides is 2. The Morgan fingerprint density at radius 2 is 2.00 bits per heavy atom. The normalized spacial score (nSPS) is 20.0. The minimum Gasteiger partial charge on any atom is -0.347 e. The number of likely N-dealkylation sites (tertiary alicyclic amines) is 1. The third-order valence-electron chi connectivity index (χ3n) is 6.10. The highest BCUT2D eigenvalue weighted by Gasteiger charge is 2.36. The van der Waals surface area contributed by atoms with Crippen LogP contribution < -0.4 is 5.32 Å². The molecule has 0 saturated carbocycles. The van der Waals surface area contributed by atoms with Crippen molar-refractivity contribution in [2.75, 3.05) is 6.54 Å². The fraction of sp³-hybridized carbons (Fsp3) is 0.522. The van der Waals surface area contributed by atoms with Gasteiger partial charge in [-0.3, -0.25) is 14.3 Å². The lowest BCUT2D eigenvalue weighted by Gasteiger charge is -2.32. The Bertz CT molecular complexity index is 874. The van der Waals surface area contributed by atoms with Crippen molar-refractivity contribution < 1.29 is 9.59 Å². The van der Waals surface area contributed by atoms with E-state index in [-0.39, 0.29) is 23.8 Å². The molecule has 1 fully saturated rings. The number of fused-ring (bicyclic) bond motifs is 1. The van der Waals surface area contributed by atoms with E-state index in [1.807, 2.05) is 38.2 Å². The van der Waals surface area contributed by atoms with Crippen molar-refractivity contribution in [1.82, 2.24) is 20.0 Å². The number of carbonyl (C=O) groups excluding carboxylic acids is 2. The first-order valence-corrected chi connectivity index (χ1v) is 10.7. The molecule has 2 aromatic rings. The van der Waals surface area contributed by atoms with Crippen LogP contribution in [-0.4, -0.2) is 39.1 Å². The lowest BCUT2D eigenvalue weighted by atomic mass is 9.92. The van der Waals surface area contributed by atoms with E-state index in [4.69, 9.17) is 0 Å². The average molecular weight is 395 g/mol. The number of hydrogen-bond donors (Lipinski definition) is 1. The fourth-order valence-corrected chi connectivity index (χ4v) is 4.69. The van der Waals surface area contributed by atoms with Gasteiger partial charge in [-0.15, -0.1) is 0 Å². The minimum absolute atomic E-state index is 0.0327. The molecule has 6 heteroatoms. The Morgan fingerprint density at radius 1 is 1.21 bits per heavy atom. The van der Waals surface area contributed by atoms with Crippen LogP contribution in [0.5, 0.6) is 0 Å². The van der Waals surface area contributed by atoms with E-state index >= 15 is 0 Å². The van der Waals surface area contributed by atoms with E-state index in [9.17, 15) is 9.59 Å². The smallest absolute Gasteiger partial charge is 0.243 e. The SMILES string of the molecule is CC(C)C(C(=O)NC1CCCc2c1cnn2Cc1ccccc1)N1CCCC1=O. The number of carbonyl (C=O) groups is 2. The number of nitrogens with one attached hydrogen (secondary N) is 1. The molecule has 2 atom stereocenters. The standard InChI is InChI=1S/C23H30N4O2/c1-16(2)22(26-13-7-12-21(26)28)23(29)25-19-10-6-11-20-18(19)14-24-27(20)15-17-8-4-3-5-9-17/h3-5,8-9,14,16,19,22H,6-7,10-13,15H2,1-2H3,(H,25,29). The number of aromatic nitrogens is 2. The molecular weight excluding hydrogens is 364 g/mol. The van der Waals surface area contributed by atoms with Crippen LogP contribution >= 0.6 is 0 Å². The highest BCUT2D eigenvalue weighted by atomic mass is 16.2. The van der Waals surface area contributed by atoms with E-state index in [0.29, 0.717) is 13.0 Å². The van der Waals surface area contributed by atoms with Crippen LogP contribution in [0.1, 0.15) is 62.4 Å². The second-order valence-corrected chi connectivity index (χ2v) is 8.52. The largest absolute Gasteiger partial charge is 0.347 e. The molecule has 1 aromatic heterocycles. The molecule has 2 amide bonds. The van der Waals surface area contributed by atoms with Crippen LogP contribution in [0.3, 0.4) is 0 Å². The molecule has 0 radical (unpaired) electrons. The first-order chi connectivity index (χ1) is 14.0. The maximum Gasteiger partial charge on any atom is 0.243 e. The Balaban J connectivity index is 1.51. The molecule has 0 bridgehead atoms. The van der Waals surface area contributed by atoms with Gasteiger partial charge in [0.25, 0.3) is 0 Å². The third-order valence-corrected chi connectivity index (χ3v) is 6.10. The van der Waals surface area contributed by atoms with Gasteiger partial charge in [-0.25, -0.2) is 0 Å². The molecule has 4 rings (SSSR count). The Labute approximate surface area is 172 Å². The molecule has 2 aliphatic rings. The van der Waals surface area contributed by atoms with Crippen LogP contribution in [0, 0.1) is 5.92 Å². The first kappa shape index (κ1) is 19.7. The zero-order valence-electron chi connectivity index (χ0n) is 17.3. The molecule has 6 nitrogen and oxygen atoms in total. The second-order valence-electron chi connectivity index (χ2n) is 8.52. The predicted octanol–water partition coefficient (Wildman–Crippen LogP) is 3.07. The highest BCUT2D eigenvalue weighted by molar-refractivity contribution is 5.89. The summed E-state index contributed by atoms with van der Waals surface area (Å²) in [6.07, 6.45) is 6.22. The summed E-state index contributed by atoms with van der Waals surface area (Å²) in [6.45, 7) is 5.45. The lowest BCUT2D eigenvalue weighted by Crippen LogP contribution is -2.51. The van der Waals surface area contributed by atoms with Crippen LogP contribution in [0.4, 0.5) is 0 Å². The molecule has 1 aromatic carbocycles. The Kier molecular flexibility index (Phi) is 5.69. The van der Waals surface area contributed by atoms with E-state index in [1.54, 1.807) is 4.90 Å². The summed E-state index contributed by atoms with van der Waals surface area (Å²) in [4.78, 5) is 27.2. The van der Waals surface area contributed by atoms with Gasteiger partial charge in [0.2, 0.25) is 11.8 Å². The van der Waals surface area contributed by atoms with Crippen molar-refractivity contribution in [2.45, 2.75) is 64.6 Å². The van der Waals surface area contributed by atoms with Crippen molar-refractivity contribution >= 4 is 11.8 Å². The van der Waals surface area contributed by atoms with Gasteiger partial charge in [-0.2, -0.15) is 5.10 Å². The van der Waals surface area contributed by atoms with Gasteiger partial charge < -0.3 is 10.2 Å². The molecule has 2 unspecified atom stereocenters. The molecular formula is C23H30N4O2. The maximum atomic E-state index is 13.2. The van der Waals surface area contributed by atoms with Gasteiger partial charge in [0.15, 0.2) is 0 Å². The highest BCUT2D eigenvalue weighted by Crippen LogP contribution is 2.31. The molecule has 29 heavy (non-hydrogen) atoms. The van der Waals surface area contributed by atoms with Crippen molar-refractivity contribution in [3.05, 3.63) is 53.3 Å². The number of hydrogen-bond acceptors (Lipinski definition) is 3. The molecule has 1 aliphatic carbocycles. The van der Waals surface area contributed by atoms with Crippen LogP contribution in [0.15, 0.2) is 36.5 Å². The summed E-state index contributed by atoms with van der Waals surface area (Å²) in [5, 5.41) is 7.87. The summed E-state index contributed by atoms with van der Waals surface area (Å²) >= 11 is 0. The van der Waals surface area contributed by atoms with Gasteiger partial charge in [-0.1, -0.05) is 44.2 Å². The van der Waals surface area contributed by atoms with Gasteiger partial charge in [-0.05, 0) is 37.2 Å². The number of benzene rings is 1. The van der Waals surface area contributed by atoms with Crippen LogP contribution in [0.25, 0.3) is 0 Å². The van der Waals surface area contributed by atoms with Crippen LogP contribution in [-0.2, 0) is 22.6 Å². The quantitative estimate of drug-likeness (QED) is 0.819. The molecule has 2 heterocycles. The molecule has 1 N–H and O–H groups in total. The number of rotatable bonds is 6. The predicted molar refractivity (Wildman–Crippen MR) is 111 cm³/mol. The molecule has 154 valence electrons. The first-order valence-electron chi connectivity index (χ1n) is 10.7. The monoisotopic (exact) mass is 394 g/mol. The van der Waals surface area contributed by atoms with E-state index in [0.717, 1.165) is 37.8 Å². The Morgan fingerprint density at radius 3 is 2.69 bits per heavy atom. The van der Waals surface area contributed by atoms with Gasteiger partial charge >= 0.3 is 0 Å². The summed E-state index contributed by atoms with van der Waals surface area (Å²) in [6, 6.07) is 9.89. The Hall–Kier alpha value is -2.63. The van der Waals surface area contributed by atoms with E-state index in [1.165, 1.54) is 11.3 Å². The summed E-state index contributed by atoms with van der Waals surface area (Å²) in [5.74, 6) is 0.142. The topological polar surface area (TPSA) is 67.2 Å². The van der Waals surface area contributed by atoms with E-state index in [2.05, 4.69) is 27.2 Å². The molecule has 1 saturated heterocycles. The van der Waals surface area contributed by atoms with Crippen molar-refractivity contribution in [3.8, 4) is 0 Å². The number of nitrogens with zero attached hydrogens (tertiary/aromatic N) is 3. The zero-order chi connectivity index (χ0) is 20.4. The summed E-state index contributed by atoms with van der Waals surface area (Å²) in [5.41, 5.74) is 3.55. The third kappa shape index (κ3) is 4.07. The van der Waals surface area contributed by atoms with Crippen molar-refractivity contribution in [3.63, 3.8) is 0 Å². The van der Waals surface area contributed by atoms with Crippen molar-refractivity contribution in [1.29, 1.82) is 0 Å². The van der Waals surface area contributed by atoms with Gasteiger partial charge in [0.1, 0.15) is 6.04 Å². The summed E-state index contributed by atoms with van der Waals surface area (Å²) < 4.78 is 2.06. The summed E-state index contributed by atoms with van der Waals surface area (Å²) in [7, 11) is 0. The average Bonchev–Trinajstić information content (AvgIpc) is 3.30. The van der Waals surface area contributed by atoms with Gasteiger partial charge in [0, 0.05) is 24.2 Å². The lowest BCUT2D eigenvalue weighted by molar-refractivity contribution is -0.139. The zero-order valence-corrected chi connectivity index (χ0v) is 17.3. The molecule has 1 aliphatic heterocycles. The molecule has 0 spiro atoms. The second kappa shape index (κ2) is 8.39. The fourth-order valence-electron chi connectivity index (χ4n) is 4.69. The maximum absolute atomic E-state index is 13.2. The van der Waals surface area contributed by atoms with Gasteiger partial charge in [0.05, 0.1) is 18.8 Å². The van der Waals surface area contributed by atoms with Crippen molar-refractivity contribution in [2.24, 2.45) is 5.92 Å².